The molecule has 3 rings (SSSR count). The molecule has 0 aromatic rings. The minimum Gasteiger partial charge on any atom is -0.465 e. The van der Waals surface area contributed by atoms with Gasteiger partial charge in [0.2, 0.25) is 0 Å². The van der Waals surface area contributed by atoms with Gasteiger partial charge in [0.15, 0.2) is 0 Å². The van der Waals surface area contributed by atoms with Crippen molar-refractivity contribution in [3.8, 4) is 0 Å². The van der Waals surface area contributed by atoms with Crippen molar-refractivity contribution in [3.05, 3.63) is 0 Å². The quantitative estimate of drug-likeness (QED) is 0.748. The molecule has 3 aliphatic rings. The summed E-state index contributed by atoms with van der Waals surface area (Å²) in [5.74, 6) is -0.218. The standard InChI is InChI=1S/C13H23NO2/c1-5-16-10(15)9(14)12-6-13(7-12,8-12)11(2,3)4/h9H,5-8,14H2,1-4H3. The molecule has 0 heterocycles. The Hall–Kier alpha value is -0.570. The van der Waals surface area contributed by atoms with Gasteiger partial charge in [-0.2, -0.15) is 0 Å². The maximum absolute atomic E-state index is 11.6. The van der Waals surface area contributed by atoms with Crippen molar-refractivity contribution < 1.29 is 9.53 Å². The molecule has 1 atom stereocenters. The molecule has 2 N–H and O–H groups in total. The fourth-order valence-electron chi connectivity index (χ4n) is 3.47. The van der Waals surface area contributed by atoms with E-state index in [4.69, 9.17) is 10.5 Å². The van der Waals surface area contributed by atoms with E-state index in [1.54, 1.807) is 0 Å². The zero-order valence-electron chi connectivity index (χ0n) is 10.8. The molecule has 0 spiro atoms. The van der Waals surface area contributed by atoms with Crippen molar-refractivity contribution in [2.24, 2.45) is 22.0 Å². The first-order valence-corrected chi connectivity index (χ1v) is 6.19. The number of rotatable bonds is 3. The van der Waals surface area contributed by atoms with Gasteiger partial charge >= 0.3 is 5.97 Å². The molecular weight excluding hydrogens is 202 g/mol. The van der Waals surface area contributed by atoms with Crippen LogP contribution in [0.2, 0.25) is 0 Å². The molecular formula is C13H23NO2. The van der Waals surface area contributed by atoms with Crippen LogP contribution < -0.4 is 5.73 Å². The second-order valence-electron chi connectivity index (χ2n) is 6.65. The lowest BCUT2D eigenvalue weighted by Crippen LogP contribution is -2.74. The largest absolute Gasteiger partial charge is 0.465 e. The Morgan fingerprint density at radius 1 is 1.38 bits per heavy atom. The topological polar surface area (TPSA) is 52.3 Å². The SMILES string of the molecule is CCOC(=O)C(N)C12CC(C(C)(C)C)(C1)C2. The number of ether oxygens (including phenoxy) is 1. The lowest BCUT2D eigenvalue weighted by atomic mass is 9.28. The zero-order valence-corrected chi connectivity index (χ0v) is 10.8. The molecule has 0 aromatic carbocycles. The molecule has 0 aliphatic heterocycles. The highest BCUT2D eigenvalue weighted by molar-refractivity contribution is 5.77. The average molecular weight is 225 g/mol. The van der Waals surface area contributed by atoms with E-state index in [1.807, 2.05) is 6.92 Å². The molecule has 0 radical (unpaired) electrons. The molecule has 3 saturated carbocycles. The van der Waals surface area contributed by atoms with Crippen LogP contribution in [-0.4, -0.2) is 18.6 Å². The van der Waals surface area contributed by atoms with Gasteiger partial charge in [-0.05, 0) is 42.4 Å². The van der Waals surface area contributed by atoms with Gasteiger partial charge in [0.1, 0.15) is 6.04 Å². The molecule has 16 heavy (non-hydrogen) atoms. The number of carbonyl (C=O) groups is 1. The van der Waals surface area contributed by atoms with Crippen molar-refractivity contribution >= 4 is 5.97 Å². The Bertz CT molecular complexity index is 297. The van der Waals surface area contributed by atoms with Crippen molar-refractivity contribution in [2.75, 3.05) is 6.61 Å². The average Bonchev–Trinajstić information content (AvgIpc) is 1.96. The van der Waals surface area contributed by atoms with E-state index in [0.29, 0.717) is 17.4 Å². The maximum Gasteiger partial charge on any atom is 0.323 e. The number of esters is 1. The van der Waals surface area contributed by atoms with Crippen LogP contribution in [0.5, 0.6) is 0 Å². The molecule has 1 unspecified atom stereocenters. The molecule has 92 valence electrons. The minimum absolute atomic E-state index is 0.0690. The second kappa shape index (κ2) is 3.22. The van der Waals surface area contributed by atoms with Gasteiger partial charge < -0.3 is 10.5 Å². The van der Waals surface area contributed by atoms with E-state index < -0.39 is 6.04 Å². The third-order valence-corrected chi connectivity index (χ3v) is 4.86. The highest BCUT2D eigenvalue weighted by Crippen LogP contribution is 2.79. The molecule has 3 nitrogen and oxygen atoms in total. The van der Waals surface area contributed by atoms with Crippen molar-refractivity contribution in [3.63, 3.8) is 0 Å². The van der Waals surface area contributed by atoms with Crippen molar-refractivity contribution in [2.45, 2.75) is 53.0 Å². The minimum atomic E-state index is -0.406. The Morgan fingerprint density at radius 3 is 2.25 bits per heavy atom. The highest BCUT2D eigenvalue weighted by atomic mass is 16.5. The Balaban J connectivity index is 1.96. The maximum atomic E-state index is 11.6. The summed E-state index contributed by atoms with van der Waals surface area (Å²) in [6.07, 6.45) is 3.30. The molecule has 3 heteroatoms. The van der Waals surface area contributed by atoms with Crippen LogP contribution in [0.1, 0.15) is 47.0 Å². The first kappa shape index (κ1) is 11.9. The fourth-order valence-corrected chi connectivity index (χ4v) is 3.47. The van der Waals surface area contributed by atoms with Crippen LogP contribution in [0.3, 0.4) is 0 Å². The van der Waals surface area contributed by atoms with E-state index in [9.17, 15) is 4.79 Å². The Morgan fingerprint density at radius 2 is 1.88 bits per heavy atom. The molecule has 0 aromatic heterocycles. The third kappa shape index (κ3) is 1.33. The molecule has 0 amide bonds. The van der Waals surface area contributed by atoms with Gasteiger partial charge in [0.05, 0.1) is 6.61 Å². The number of hydrogen-bond donors (Lipinski definition) is 1. The number of hydrogen-bond acceptors (Lipinski definition) is 3. The zero-order chi connectivity index (χ0) is 12.2. The lowest BCUT2D eigenvalue weighted by Gasteiger charge is -2.77. The molecule has 0 saturated heterocycles. The third-order valence-electron chi connectivity index (χ3n) is 4.86. The van der Waals surface area contributed by atoms with E-state index in [1.165, 1.54) is 0 Å². The van der Waals surface area contributed by atoms with Crippen LogP contribution in [0, 0.1) is 16.2 Å². The van der Waals surface area contributed by atoms with Crippen LogP contribution in [-0.2, 0) is 9.53 Å². The second-order valence-corrected chi connectivity index (χ2v) is 6.65. The number of carbonyl (C=O) groups excluding carboxylic acids is 1. The summed E-state index contributed by atoms with van der Waals surface area (Å²) >= 11 is 0. The fraction of sp³-hybridized carbons (Fsp3) is 0.923. The highest BCUT2D eigenvalue weighted by Gasteiger charge is 2.74. The van der Waals surface area contributed by atoms with Gasteiger partial charge in [-0.15, -0.1) is 0 Å². The van der Waals surface area contributed by atoms with Crippen LogP contribution >= 0.6 is 0 Å². The summed E-state index contributed by atoms with van der Waals surface area (Å²) in [6.45, 7) is 9.10. The van der Waals surface area contributed by atoms with Crippen LogP contribution in [0.25, 0.3) is 0 Å². The molecule has 2 bridgehead atoms. The van der Waals surface area contributed by atoms with Gasteiger partial charge in [-0.3, -0.25) is 4.79 Å². The van der Waals surface area contributed by atoms with E-state index in [0.717, 1.165) is 19.3 Å². The Labute approximate surface area is 97.7 Å². The summed E-state index contributed by atoms with van der Waals surface area (Å²) in [5, 5.41) is 0. The normalized spacial score (nSPS) is 38.3. The monoisotopic (exact) mass is 225 g/mol. The van der Waals surface area contributed by atoms with Gasteiger partial charge in [-0.1, -0.05) is 20.8 Å². The van der Waals surface area contributed by atoms with Gasteiger partial charge in [0.25, 0.3) is 0 Å². The van der Waals surface area contributed by atoms with Crippen molar-refractivity contribution in [1.82, 2.24) is 0 Å². The molecule has 3 fully saturated rings. The first-order valence-electron chi connectivity index (χ1n) is 6.19. The summed E-state index contributed by atoms with van der Waals surface area (Å²) in [7, 11) is 0. The smallest absolute Gasteiger partial charge is 0.323 e. The van der Waals surface area contributed by atoms with E-state index >= 15 is 0 Å². The summed E-state index contributed by atoms with van der Waals surface area (Å²) in [5.41, 5.74) is 6.86. The van der Waals surface area contributed by atoms with Crippen LogP contribution in [0.4, 0.5) is 0 Å². The van der Waals surface area contributed by atoms with Crippen molar-refractivity contribution in [1.29, 1.82) is 0 Å². The molecule has 3 aliphatic carbocycles. The van der Waals surface area contributed by atoms with E-state index in [2.05, 4.69) is 20.8 Å². The summed E-state index contributed by atoms with van der Waals surface area (Å²) < 4.78 is 5.00. The lowest BCUT2D eigenvalue weighted by molar-refractivity contribution is -0.268. The predicted octanol–water partition coefficient (Wildman–Crippen LogP) is 2.09. The van der Waals surface area contributed by atoms with Gasteiger partial charge in [0, 0.05) is 0 Å². The van der Waals surface area contributed by atoms with Gasteiger partial charge in [-0.25, -0.2) is 0 Å². The predicted molar refractivity (Wildman–Crippen MR) is 62.8 cm³/mol. The first-order chi connectivity index (χ1) is 7.26. The summed E-state index contributed by atoms with van der Waals surface area (Å²) in [4.78, 5) is 11.6. The van der Waals surface area contributed by atoms with Crippen LogP contribution in [0.15, 0.2) is 0 Å². The summed E-state index contributed by atoms with van der Waals surface area (Å²) in [6, 6.07) is -0.406. The van der Waals surface area contributed by atoms with E-state index in [-0.39, 0.29) is 11.4 Å². The number of nitrogens with two attached hydrogens (primary N) is 1. The Kier molecular flexibility index (Phi) is 2.40.